The van der Waals surface area contributed by atoms with E-state index in [9.17, 15) is 19.7 Å². The van der Waals surface area contributed by atoms with Crippen LogP contribution in [-0.2, 0) is 4.79 Å². The molecule has 7 nitrogen and oxygen atoms in total. The topological polar surface area (TPSA) is 101 Å². The molecule has 0 heterocycles. The average Bonchev–Trinajstić information content (AvgIpc) is 2.60. The third-order valence-corrected chi connectivity index (χ3v) is 4.91. The lowest BCUT2D eigenvalue weighted by molar-refractivity contribution is -0.384. The fourth-order valence-corrected chi connectivity index (χ4v) is 3.28. The summed E-state index contributed by atoms with van der Waals surface area (Å²) in [5.41, 5.74) is -0.246. The van der Waals surface area contributed by atoms with Gasteiger partial charge in [-0.25, -0.2) is 0 Å². The van der Waals surface area contributed by atoms with Crippen molar-refractivity contribution in [1.29, 1.82) is 0 Å². The summed E-state index contributed by atoms with van der Waals surface area (Å²) in [6, 6.07) is 3.26. The summed E-state index contributed by atoms with van der Waals surface area (Å²) >= 11 is 5.77. The lowest BCUT2D eigenvalue weighted by Gasteiger charge is -2.27. The zero-order valence-corrected chi connectivity index (χ0v) is 15.7. The maximum atomic E-state index is 12.6. The van der Waals surface area contributed by atoms with Gasteiger partial charge < -0.3 is 10.6 Å². The predicted octanol–water partition coefficient (Wildman–Crippen LogP) is 3.45. The molecule has 142 valence electrons. The van der Waals surface area contributed by atoms with Crippen LogP contribution in [-0.4, -0.2) is 28.8 Å². The highest BCUT2D eigenvalue weighted by Gasteiger charge is 2.27. The van der Waals surface area contributed by atoms with Gasteiger partial charge in [0.05, 0.1) is 4.92 Å². The highest BCUT2D eigenvalue weighted by molar-refractivity contribution is 6.32. The number of hydrogen-bond acceptors (Lipinski definition) is 4. The summed E-state index contributed by atoms with van der Waals surface area (Å²) in [6.07, 6.45) is 5.28. The number of hydrogen-bond donors (Lipinski definition) is 2. The smallest absolute Gasteiger partial charge is 0.288 e. The van der Waals surface area contributed by atoms with E-state index in [-0.39, 0.29) is 34.1 Å². The molecule has 0 aliphatic heterocycles. The highest BCUT2D eigenvalue weighted by Crippen LogP contribution is 2.25. The maximum absolute atomic E-state index is 12.6. The van der Waals surface area contributed by atoms with E-state index >= 15 is 0 Å². The molecule has 0 spiro atoms. The molecule has 0 aromatic heterocycles. The first-order chi connectivity index (χ1) is 12.3. The molecule has 1 saturated carbocycles. The Hall–Kier alpha value is -2.15. The number of nitro benzene ring substituents is 1. The van der Waals surface area contributed by atoms with Gasteiger partial charge in [0.25, 0.3) is 11.6 Å². The minimum atomic E-state index is -0.709. The van der Waals surface area contributed by atoms with Crippen molar-refractivity contribution in [1.82, 2.24) is 10.6 Å². The summed E-state index contributed by atoms with van der Waals surface area (Å²) in [7, 11) is 0. The van der Waals surface area contributed by atoms with Gasteiger partial charge in [-0.15, -0.1) is 0 Å². The Kier molecular flexibility index (Phi) is 6.97. The van der Waals surface area contributed by atoms with Crippen LogP contribution in [0.25, 0.3) is 0 Å². The van der Waals surface area contributed by atoms with Gasteiger partial charge in [0.15, 0.2) is 0 Å². The van der Waals surface area contributed by atoms with Gasteiger partial charge in [-0.2, -0.15) is 0 Å². The molecule has 2 N–H and O–H groups in total. The van der Waals surface area contributed by atoms with Crippen molar-refractivity contribution in [2.75, 3.05) is 0 Å². The standard InChI is InChI=1S/C18H24ClN3O4/c1-11(2)16(18(24)20-13-6-4-3-5-7-13)21-17(23)12-8-9-14(19)15(10-12)22(25)26/h8-11,13,16H,3-7H2,1-2H3,(H,20,24)(H,21,23). The molecule has 1 aromatic rings. The fraction of sp³-hybridized carbons (Fsp3) is 0.556. The van der Waals surface area contributed by atoms with Gasteiger partial charge in [-0.05, 0) is 30.9 Å². The number of carbonyl (C=O) groups excluding carboxylic acids is 2. The van der Waals surface area contributed by atoms with E-state index in [0.29, 0.717) is 0 Å². The second-order valence-corrected chi connectivity index (χ2v) is 7.37. The summed E-state index contributed by atoms with van der Waals surface area (Å²) < 4.78 is 0. The zero-order valence-electron chi connectivity index (χ0n) is 15.0. The molecule has 2 amide bonds. The Bertz CT molecular complexity index is 687. The van der Waals surface area contributed by atoms with Gasteiger partial charge in [0.2, 0.25) is 5.91 Å². The van der Waals surface area contributed by atoms with Crippen molar-refractivity contribution in [3.05, 3.63) is 38.9 Å². The predicted molar refractivity (Wildman–Crippen MR) is 99.2 cm³/mol. The van der Waals surface area contributed by atoms with Crippen LogP contribution in [0.5, 0.6) is 0 Å². The zero-order chi connectivity index (χ0) is 19.3. The van der Waals surface area contributed by atoms with E-state index in [1.54, 1.807) is 0 Å². The molecule has 1 aliphatic rings. The summed E-state index contributed by atoms with van der Waals surface area (Å²) in [5.74, 6) is -0.879. The number of benzene rings is 1. The van der Waals surface area contributed by atoms with Crippen molar-refractivity contribution >= 4 is 29.1 Å². The first kappa shape index (κ1) is 20.2. The van der Waals surface area contributed by atoms with Crippen molar-refractivity contribution < 1.29 is 14.5 Å². The number of nitrogens with zero attached hydrogens (tertiary/aromatic N) is 1. The van der Waals surface area contributed by atoms with E-state index in [1.807, 2.05) is 13.8 Å². The minimum absolute atomic E-state index is 0.0398. The molecular formula is C18H24ClN3O4. The van der Waals surface area contributed by atoms with Crippen LogP contribution in [0.2, 0.25) is 5.02 Å². The largest absolute Gasteiger partial charge is 0.352 e. The number of rotatable bonds is 6. The summed E-state index contributed by atoms with van der Waals surface area (Å²) in [6.45, 7) is 3.69. The van der Waals surface area contributed by atoms with Crippen molar-refractivity contribution in [3.8, 4) is 0 Å². The molecule has 0 radical (unpaired) electrons. The molecule has 1 aliphatic carbocycles. The quantitative estimate of drug-likeness (QED) is 0.582. The highest BCUT2D eigenvalue weighted by atomic mass is 35.5. The molecule has 0 bridgehead atoms. The normalized spacial score (nSPS) is 16.2. The molecule has 8 heteroatoms. The molecule has 1 aromatic carbocycles. The van der Waals surface area contributed by atoms with Gasteiger partial charge >= 0.3 is 0 Å². The number of amides is 2. The van der Waals surface area contributed by atoms with E-state index in [0.717, 1.165) is 31.7 Å². The SMILES string of the molecule is CC(C)C(NC(=O)c1ccc(Cl)c([N+](=O)[O-])c1)C(=O)NC1CCCCC1. The second kappa shape index (κ2) is 8.98. The van der Waals surface area contributed by atoms with Crippen LogP contribution in [0.15, 0.2) is 18.2 Å². The van der Waals surface area contributed by atoms with Crippen LogP contribution >= 0.6 is 11.6 Å². The monoisotopic (exact) mass is 381 g/mol. The molecule has 1 fully saturated rings. The van der Waals surface area contributed by atoms with Crippen molar-refractivity contribution in [3.63, 3.8) is 0 Å². The number of nitrogens with one attached hydrogen (secondary N) is 2. The Morgan fingerprint density at radius 3 is 2.46 bits per heavy atom. The second-order valence-electron chi connectivity index (χ2n) is 6.96. The molecule has 0 saturated heterocycles. The van der Waals surface area contributed by atoms with Gasteiger partial charge in [-0.1, -0.05) is 44.7 Å². The Balaban J connectivity index is 2.08. The van der Waals surface area contributed by atoms with Crippen LogP contribution in [0.1, 0.15) is 56.3 Å². The van der Waals surface area contributed by atoms with E-state index < -0.39 is 16.9 Å². The molecule has 1 unspecified atom stereocenters. The van der Waals surface area contributed by atoms with Gasteiger partial charge in [0, 0.05) is 17.7 Å². The lowest BCUT2D eigenvalue weighted by atomic mass is 9.94. The number of nitro groups is 1. The third-order valence-electron chi connectivity index (χ3n) is 4.59. The molecular weight excluding hydrogens is 358 g/mol. The summed E-state index contributed by atoms with van der Waals surface area (Å²) in [5, 5.41) is 16.6. The fourth-order valence-electron chi connectivity index (χ4n) is 3.09. The van der Waals surface area contributed by atoms with Crippen LogP contribution in [0.3, 0.4) is 0 Å². The van der Waals surface area contributed by atoms with E-state index in [1.165, 1.54) is 18.6 Å². The van der Waals surface area contributed by atoms with Crippen molar-refractivity contribution in [2.45, 2.75) is 58.0 Å². The first-order valence-electron chi connectivity index (χ1n) is 8.84. The van der Waals surface area contributed by atoms with Gasteiger partial charge in [-0.3, -0.25) is 19.7 Å². The van der Waals surface area contributed by atoms with Crippen LogP contribution in [0.4, 0.5) is 5.69 Å². The molecule has 1 atom stereocenters. The first-order valence-corrected chi connectivity index (χ1v) is 9.22. The van der Waals surface area contributed by atoms with Gasteiger partial charge in [0.1, 0.15) is 11.1 Å². The number of carbonyl (C=O) groups is 2. The van der Waals surface area contributed by atoms with E-state index in [2.05, 4.69) is 10.6 Å². The van der Waals surface area contributed by atoms with Crippen LogP contribution in [0, 0.1) is 16.0 Å². The average molecular weight is 382 g/mol. The Labute approximate surface area is 157 Å². The van der Waals surface area contributed by atoms with Crippen molar-refractivity contribution in [2.24, 2.45) is 5.92 Å². The molecule has 2 rings (SSSR count). The minimum Gasteiger partial charge on any atom is -0.352 e. The summed E-state index contributed by atoms with van der Waals surface area (Å²) in [4.78, 5) is 35.4. The van der Waals surface area contributed by atoms with E-state index in [4.69, 9.17) is 11.6 Å². The Morgan fingerprint density at radius 1 is 1.23 bits per heavy atom. The van der Waals surface area contributed by atoms with Crippen LogP contribution < -0.4 is 10.6 Å². The maximum Gasteiger partial charge on any atom is 0.288 e. The lowest BCUT2D eigenvalue weighted by Crippen LogP contribution is -2.52. The molecule has 26 heavy (non-hydrogen) atoms. The number of halogens is 1. The third kappa shape index (κ3) is 5.17. The Morgan fingerprint density at radius 2 is 1.88 bits per heavy atom.